The van der Waals surface area contributed by atoms with Gasteiger partial charge in [-0.15, -0.1) is 0 Å². The van der Waals surface area contributed by atoms with Crippen molar-refractivity contribution < 1.29 is 9.53 Å². The highest BCUT2D eigenvalue weighted by Gasteiger charge is 2.25. The molecule has 1 aliphatic rings. The largest absolute Gasteiger partial charge is 0.377 e. The van der Waals surface area contributed by atoms with Crippen LogP contribution in [0.2, 0.25) is 5.15 Å². The lowest BCUT2D eigenvalue weighted by Gasteiger charge is -2.28. The minimum Gasteiger partial charge on any atom is -0.377 e. The minimum absolute atomic E-state index is 0.231. The molecular formula is C13H13ClN2O2. The van der Waals surface area contributed by atoms with Crippen molar-refractivity contribution in [2.75, 3.05) is 13.2 Å². The Balaban J connectivity index is 2.27. The molecule has 5 heteroatoms. The molecule has 0 unspecified atom stereocenters. The quantitative estimate of drug-likeness (QED) is 0.801. The van der Waals surface area contributed by atoms with Crippen molar-refractivity contribution in [2.45, 2.75) is 19.4 Å². The molecule has 18 heavy (non-hydrogen) atoms. The summed E-state index contributed by atoms with van der Waals surface area (Å²) in [4.78, 5) is 15.7. The van der Waals surface area contributed by atoms with E-state index in [1.54, 1.807) is 6.20 Å². The Labute approximate surface area is 110 Å². The summed E-state index contributed by atoms with van der Waals surface area (Å²) in [5.74, 6) is 0. The topological polar surface area (TPSA) is 44.1 Å². The van der Waals surface area contributed by atoms with Gasteiger partial charge in [-0.3, -0.25) is 4.79 Å². The summed E-state index contributed by atoms with van der Waals surface area (Å²) in [7, 11) is 0. The molecule has 1 fully saturated rings. The predicted octanol–water partition coefficient (Wildman–Crippen LogP) is 2.64. The Morgan fingerprint density at radius 3 is 2.94 bits per heavy atom. The summed E-state index contributed by atoms with van der Waals surface area (Å²) >= 11 is 6.25. The molecule has 0 spiro atoms. The molecule has 0 aliphatic carbocycles. The number of halogens is 1. The van der Waals surface area contributed by atoms with Crippen molar-refractivity contribution in [2.24, 2.45) is 0 Å². The first kappa shape index (κ1) is 11.7. The number of ether oxygens (including phenoxy) is 1. The van der Waals surface area contributed by atoms with E-state index in [9.17, 15) is 4.79 Å². The van der Waals surface area contributed by atoms with Crippen LogP contribution in [0.3, 0.4) is 0 Å². The average molecular weight is 265 g/mol. The number of aryl methyl sites for hydroxylation is 1. The fraction of sp³-hybridized carbons (Fsp3) is 0.385. The van der Waals surface area contributed by atoms with Gasteiger partial charge in [-0.05, 0) is 18.1 Å². The second-order valence-corrected chi connectivity index (χ2v) is 4.82. The van der Waals surface area contributed by atoms with Crippen LogP contribution in [0, 0.1) is 0 Å². The Hall–Kier alpha value is -1.39. The SMILES string of the molecule is CCc1cnc2c(cc(Cl)n2C2COC2)c1C=O. The first-order valence-corrected chi connectivity index (χ1v) is 6.35. The van der Waals surface area contributed by atoms with Crippen LogP contribution in [0.15, 0.2) is 12.3 Å². The molecule has 2 aromatic rings. The zero-order valence-corrected chi connectivity index (χ0v) is 10.8. The third-order valence-electron chi connectivity index (χ3n) is 3.43. The number of nitrogens with zero attached hydrogens (tertiary/aromatic N) is 2. The van der Waals surface area contributed by atoms with Crippen molar-refractivity contribution in [1.29, 1.82) is 0 Å². The first-order chi connectivity index (χ1) is 8.76. The molecule has 0 aromatic carbocycles. The smallest absolute Gasteiger partial charge is 0.151 e. The minimum atomic E-state index is 0.231. The molecule has 0 saturated carbocycles. The maximum Gasteiger partial charge on any atom is 0.151 e. The average Bonchev–Trinajstić information content (AvgIpc) is 2.63. The molecule has 94 valence electrons. The Morgan fingerprint density at radius 2 is 2.39 bits per heavy atom. The molecule has 3 rings (SSSR count). The number of carbonyl (C=O) groups excluding carboxylic acids is 1. The second kappa shape index (κ2) is 4.37. The number of aldehydes is 1. The van der Waals surface area contributed by atoms with Crippen molar-refractivity contribution in [1.82, 2.24) is 9.55 Å². The number of hydrogen-bond donors (Lipinski definition) is 0. The molecule has 1 saturated heterocycles. The zero-order chi connectivity index (χ0) is 12.7. The maximum absolute atomic E-state index is 11.3. The number of rotatable bonds is 3. The van der Waals surface area contributed by atoms with E-state index in [-0.39, 0.29) is 6.04 Å². The van der Waals surface area contributed by atoms with Gasteiger partial charge >= 0.3 is 0 Å². The van der Waals surface area contributed by atoms with Crippen LogP contribution in [0.5, 0.6) is 0 Å². The highest BCUT2D eigenvalue weighted by atomic mass is 35.5. The molecule has 4 nitrogen and oxygen atoms in total. The summed E-state index contributed by atoms with van der Waals surface area (Å²) in [5, 5.41) is 1.45. The number of carbonyl (C=O) groups is 1. The van der Waals surface area contributed by atoms with Gasteiger partial charge in [0.25, 0.3) is 0 Å². The standard InChI is InChI=1S/C13H13ClN2O2/c1-2-8-4-15-13-10(11(8)5-17)3-12(14)16(13)9-6-18-7-9/h3-5,9H,2,6-7H2,1H3. The molecular weight excluding hydrogens is 252 g/mol. The van der Waals surface area contributed by atoms with E-state index in [1.165, 1.54) is 0 Å². The summed E-state index contributed by atoms with van der Waals surface area (Å²) in [6.07, 6.45) is 3.44. The second-order valence-electron chi connectivity index (χ2n) is 4.43. The van der Waals surface area contributed by atoms with E-state index < -0.39 is 0 Å². The molecule has 0 amide bonds. The predicted molar refractivity (Wildman–Crippen MR) is 69.4 cm³/mol. The zero-order valence-electron chi connectivity index (χ0n) is 10.0. The van der Waals surface area contributed by atoms with Crippen LogP contribution >= 0.6 is 11.6 Å². The summed E-state index contributed by atoms with van der Waals surface area (Å²) in [5.41, 5.74) is 2.42. The number of aromatic nitrogens is 2. The van der Waals surface area contributed by atoms with E-state index in [0.29, 0.717) is 23.9 Å². The summed E-state index contributed by atoms with van der Waals surface area (Å²) in [6.45, 7) is 3.31. The molecule has 0 radical (unpaired) electrons. The number of hydrogen-bond acceptors (Lipinski definition) is 3. The highest BCUT2D eigenvalue weighted by Crippen LogP contribution is 2.32. The van der Waals surface area contributed by atoms with Crippen LogP contribution in [0.4, 0.5) is 0 Å². The van der Waals surface area contributed by atoms with Gasteiger partial charge < -0.3 is 9.30 Å². The third kappa shape index (κ3) is 1.56. The van der Waals surface area contributed by atoms with Gasteiger partial charge in [0, 0.05) is 17.1 Å². The normalized spacial score (nSPS) is 15.9. The maximum atomic E-state index is 11.3. The summed E-state index contributed by atoms with van der Waals surface area (Å²) in [6, 6.07) is 2.06. The van der Waals surface area contributed by atoms with Gasteiger partial charge in [-0.1, -0.05) is 18.5 Å². The van der Waals surface area contributed by atoms with E-state index in [1.807, 2.05) is 17.6 Å². The molecule has 2 aromatic heterocycles. The van der Waals surface area contributed by atoms with Gasteiger partial charge in [0.1, 0.15) is 10.8 Å². The molecule has 0 N–H and O–H groups in total. The van der Waals surface area contributed by atoms with E-state index in [2.05, 4.69) is 4.98 Å². The van der Waals surface area contributed by atoms with E-state index in [4.69, 9.17) is 16.3 Å². The lowest BCUT2D eigenvalue weighted by atomic mass is 10.1. The van der Waals surface area contributed by atoms with Gasteiger partial charge in [-0.2, -0.15) is 0 Å². The van der Waals surface area contributed by atoms with Crippen LogP contribution in [-0.2, 0) is 11.2 Å². The van der Waals surface area contributed by atoms with Gasteiger partial charge in [0.05, 0.1) is 19.3 Å². The van der Waals surface area contributed by atoms with Crippen LogP contribution in [-0.4, -0.2) is 29.1 Å². The monoisotopic (exact) mass is 264 g/mol. The lowest BCUT2D eigenvalue weighted by Crippen LogP contribution is -2.30. The Kier molecular flexibility index (Phi) is 2.84. The fourth-order valence-electron chi connectivity index (χ4n) is 2.34. The Morgan fingerprint density at radius 1 is 1.61 bits per heavy atom. The van der Waals surface area contributed by atoms with Crippen LogP contribution in [0.1, 0.15) is 28.9 Å². The number of pyridine rings is 1. The summed E-state index contributed by atoms with van der Waals surface area (Å²) < 4.78 is 7.14. The van der Waals surface area contributed by atoms with E-state index >= 15 is 0 Å². The van der Waals surface area contributed by atoms with Gasteiger partial charge in [-0.25, -0.2) is 4.98 Å². The molecule has 3 heterocycles. The lowest BCUT2D eigenvalue weighted by molar-refractivity contribution is -0.0214. The van der Waals surface area contributed by atoms with Crippen molar-refractivity contribution in [3.63, 3.8) is 0 Å². The Bertz CT molecular complexity index is 617. The fourth-order valence-corrected chi connectivity index (χ4v) is 2.66. The van der Waals surface area contributed by atoms with Crippen molar-refractivity contribution >= 4 is 28.9 Å². The molecule has 0 atom stereocenters. The van der Waals surface area contributed by atoms with E-state index in [0.717, 1.165) is 29.3 Å². The molecule has 0 bridgehead atoms. The van der Waals surface area contributed by atoms with Gasteiger partial charge in [0.15, 0.2) is 6.29 Å². The van der Waals surface area contributed by atoms with Gasteiger partial charge in [0.2, 0.25) is 0 Å². The third-order valence-corrected chi connectivity index (χ3v) is 3.72. The van der Waals surface area contributed by atoms with Crippen molar-refractivity contribution in [3.8, 4) is 0 Å². The first-order valence-electron chi connectivity index (χ1n) is 5.97. The van der Waals surface area contributed by atoms with Crippen LogP contribution < -0.4 is 0 Å². The highest BCUT2D eigenvalue weighted by molar-refractivity contribution is 6.31. The number of fused-ring (bicyclic) bond motifs is 1. The van der Waals surface area contributed by atoms with Crippen molar-refractivity contribution in [3.05, 3.63) is 28.5 Å². The van der Waals surface area contributed by atoms with Crippen LogP contribution in [0.25, 0.3) is 11.0 Å². The molecule has 1 aliphatic heterocycles.